The van der Waals surface area contributed by atoms with Crippen molar-refractivity contribution in [3.63, 3.8) is 0 Å². The highest BCUT2D eigenvalue weighted by atomic mass is 32.2. The highest BCUT2D eigenvalue weighted by Gasteiger charge is 2.34. The van der Waals surface area contributed by atoms with Crippen LogP contribution in [0.5, 0.6) is 0 Å². The van der Waals surface area contributed by atoms with E-state index in [9.17, 15) is 9.59 Å². The summed E-state index contributed by atoms with van der Waals surface area (Å²) in [6.45, 7) is 10.9. The number of nitrogens with zero attached hydrogens (tertiary/aromatic N) is 2. The van der Waals surface area contributed by atoms with Gasteiger partial charge in [0.25, 0.3) is 5.56 Å². The lowest BCUT2D eigenvalue weighted by atomic mass is 9.70. The molecule has 1 amide bonds. The predicted octanol–water partition coefficient (Wildman–Crippen LogP) is 3.73. The van der Waals surface area contributed by atoms with Crippen molar-refractivity contribution in [2.45, 2.75) is 83.5 Å². The first kappa shape index (κ1) is 19.5. The molecule has 1 aromatic rings. The molecule has 2 heterocycles. The molecule has 1 saturated carbocycles. The number of thioether (sulfide) groups is 1. The number of aromatic nitrogens is 2. The molecule has 3 unspecified atom stereocenters. The fraction of sp³-hybridized carbons (Fsp3) is 0.750. The molecular weight excluding hydrogens is 346 g/mol. The summed E-state index contributed by atoms with van der Waals surface area (Å²) in [6, 6.07) is 1.77. The molecule has 0 spiro atoms. The topological polar surface area (TPSA) is 64.0 Å². The van der Waals surface area contributed by atoms with Crippen LogP contribution in [0.1, 0.15) is 78.0 Å². The first-order valence-corrected chi connectivity index (χ1v) is 10.7. The van der Waals surface area contributed by atoms with E-state index in [2.05, 4.69) is 31.1 Å². The Kier molecular flexibility index (Phi) is 5.52. The highest BCUT2D eigenvalue weighted by molar-refractivity contribution is 7.99. The van der Waals surface area contributed by atoms with Gasteiger partial charge in [-0.25, -0.2) is 4.98 Å². The van der Waals surface area contributed by atoms with Crippen molar-refractivity contribution in [3.05, 3.63) is 22.1 Å². The summed E-state index contributed by atoms with van der Waals surface area (Å²) in [5.74, 6) is 1.66. The van der Waals surface area contributed by atoms with E-state index in [4.69, 9.17) is 0 Å². The molecule has 0 radical (unpaired) electrons. The molecule has 26 heavy (non-hydrogen) atoms. The Balaban J connectivity index is 1.66. The number of hydrogen-bond acceptors (Lipinski definition) is 4. The summed E-state index contributed by atoms with van der Waals surface area (Å²) in [5, 5.41) is 3.98. The van der Waals surface area contributed by atoms with E-state index < -0.39 is 0 Å². The molecule has 1 aliphatic carbocycles. The highest BCUT2D eigenvalue weighted by Crippen LogP contribution is 2.39. The molecule has 5 nitrogen and oxygen atoms in total. The smallest absolute Gasteiger partial charge is 0.254 e. The van der Waals surface area contributed by atoms with Crippen LogP contribution in [0.15, 0.2) is 16.0 Å². The minimum Gasteiger partial charge on any atom is -0.353 e. The van der Waals surface area contributed by atoms with Gasteiger partial charge < -0.3 is 5.32 Å². The summed E-state index contributed by atoms with van der Waals surface area (Å²) < 4.78 is 1.71. The lowest BCUT2D eigenvalue weighted by Gasteiger charge is -2.39. The molecule has 2 aliphatic rings. The zero-order valence-corrected chi connectivity index (χ0v) is 17.4. The van der Waals surface area contributed by atoms with Gasteiger partial charge in [0, 0.05) is 24.3 Å². The van der Waals surface area contributed by atoms with Gasteiger partial charge in [-0.05, 0) is 36.5 Å². The minimum absolute atomic E-state index is 0.0334. The van der Waals surface area contributed by atoms with Crippen LogP contribution in [0.2, 0.25) is 0 Å². The molecule has 144 valence electrons. The van der Waals surface area contributed by atoms with E-state index in [0.717, 1.165) is 29.4 Å². The molecule has 3 rings (SSSR count). The molecule has 1 N–H and O–H groups in total. The third kappa shape index (κ3) is 4.33. The number of fused-ring (bicyclic) bond motifs is 1. The monoisotopic (exact) mass is 377 g/mol. The van der Waals surface area contributed by atoms with Gasteiger partial charge in [-0.3, -0.25) is 14.2 Å². The van der Waals surface area contributed by atoms with Crippen LogP contribution < -0.4 is 10.9 Å². The summed E-state index contributed by atoms with van der Waals surface area (Å²) in [4.78, 5) is 29.8. The molecule has 0 bridgehead atoms. The van der Waals surface area contributed by atoms with E-state index in [1.165, 1.54) is 6.42 Å². The summed E-state index contributed by atoms with van der Waals surface area (Å²) in [6.07, 6.45) is 3.64. The Hall–Kier alpha value is -1.30. The van der Waals surface area contributed by atoms with Crippen LogP contribution in [0, 0.1) is 11.3 Å². The van der Waals surface area contributed by atoms with Crippen molar-refractivity contribution in [2.75, 3.05) is 5.75 Å². The Bertz CT molecular complexity index is 741. The first-order chi connectivity index (χ1) is 12.1. The second kappa shape index (κ2) is 7.37. The zero-order valence-electron chi connectivity index (χ0n) is 16.5. The average Bonchev–Trinajstić information content (AvgIpc) is 2.88. The van der Waals surface area contributed by atoms with E-state index in [1.807, 2.05) is 13.8 Å². The van der Waals surface area contributed by atoms with Crippen LogP contribution in [0.4, 0.5) is 0 Å². The lowest BCUT2D eigenvalue weighted by molar-refractivity contribution is -0.123. The number of carbonyl (C=O) groups excluding carboxylic acids is 1. The largest absolute Gasteiger partial charge is 0.353 e. The third-order valence-electron chi connectivity index (χ3n) is 5.47. The second-order valence-corrected chi connectivity index (χ2v) is 10.2. The Morgan fingerprint density at radius 3 is 2.81 bits per heavy atom. The quantitative estimate of drug-likeness (QED) is 0.812. The molecule has 3 atom stereocenters. The van der Waals surface area contributed by atoms with Crippen molar-refractivity contribution < 1.29 is 4.79 Å². The minimum atomic E-state index is -0.0924. The van der Waals surface area contributed by atoms with Crippen LogP contribution in [-0.2, 0) is 4.79 Å². The van der Waals surface area contributed by atoms with Crippen molar-refractivity contribution in [3.8, 4) is 0 Å². The van der Waals surface area contributed by atoms with E-state index >= 15 is 0 Å². The average molecular weight is 378 g/mol. The number of amides is 1. The van der Waals surface area contributed by atoms with Gasteiger partial charge in [-0.2, -0.15) is 0 Å². The fourth-order valence-electron chi connectivity index (χ4n) is 4.57. The maximum Gasteiger partial charge on any atom is 0.254 e. The van der Waals surface area contributed by atoms with E-state index in [0.29, 0.717) is 12.3 Å². The second-order valence-electron chi connectivity index (χ2n) is 9.17. The van der Waals surface area contributed by atoms with Gasteiger partial charge in [-0.1, -0.05) is 46.4 Å². The van der Waals surface area contributed by atoms with E-state index in [1.54, 1.807) is 22.4 Å². The maximum absolute atomic E-state index is 12.6. The summed E-state index contributed by atoms with van der Waals surface area (Å²) in [5.41, 5.74) is 1.07. The Morgan fingerprint density at radius 2 is 2.15 bits per heavy atom. The van der Waals surface area contributed by atoms with Gasteiger partial charge >= 0.3 is 0 Å². The number of rotatable bonds is 4. The molecule has 0 saturated heterocycles. The van der Waals surface area contributed by atoms with Crippen LogP contribution >= 0.6 is 11.8 Å². The number of hydrogen-bond donors (Lipinski definition) is 1. The molecular formula is C20H31N3O2S. The Morgan fingerprint density at radius 1 is 1.42 bits per heavy atom. The first-order valence-electron chi connectivity index (χ1n) is 9.70. The van der Waals surface area contributed by atoms with Gasteiger partial charge in [0.1, 0.15) is 0 Å². The molecule has 1 aliphatic heterocycles. The molecule has 1 aromatic heterocycles. The lowest BCUT2D eigenvalue weighted by Crippen LogP contribution is -2.43. The van der Waals surface area contributed by atoms with Gasteiger partial charge in [-0.15, -0.1) is 0 Å². The molecule has 0 aromatic carbocycles. The van der Waals surface area contributed by atoms with Crippen molar-refractivity contribution in [2.24, 2.45) is 11.3 Å². The van der Waals surface area contributed by atoms with Crippen LogP contribution in [0.3, 0.4) is 0 Å². The Labute approximate surface area is 160 Å². The molecule has 1 fully saturated rings. The fourth-order valence-corrected chi connectivity index (χ4v) is 5.73. The van der Waals surface area contributed by atoms with Crippen LogP contribution in [0.25, 0.3) is 0 Å². The zero-order chi connectivity index (χ0) is 19.1. The molecule has 6 heteroatoms. The van der Waals surface area contributed by atoms with Crippen molar-refractivity contribution >= 4 is 17.7 Å². The van der Waals surface area contributed by atoms with Crippen LogP contribution in [-0.4, -0.2) is 27.3 Å². The summed E-state index contributed by atoms with van der Waals surface area (Å²) >= 11 is 1.58. The summed E-state index contributed by atoms with van der Waals surface area (Å²) in [7, 11) is 0. The number of carbonyl (C=O) groups is 1. The SMILES string of the molecule is CC1CC(NC(=O)CC2CSc3nc(C(C)C)cc(=O)n32)CC(C)(C)C1. The van der Waals surface area contributed by atoms with Gasteiger partial charge in [0.2, 0.25) is 5.91 Å². The predicted molar refractivity (Wildman–Crippen MR) is 106 cm³/mol. The number of nitrogens with one attached hydrogen (secondary N) is 1. The standard InChI is InChI=1S/C20H31N3O2S/c1-12(2)16-8-18(25)23-15(11-26-19(23)22-16)7-17(24)21-14-6-13(3)9-20(4,5)10-14/h8,12-15H,6-7,9-11H2,1-5H3,(H,21,24). The van der Waals surface area contributed by atoms with Crippen molar-refractivity contribution in [1.82, 2.24) is 14.9 Å². The normalized spacial score (nSPS) is 27.4. The van der Waals surface area contributed by atoms with E-state index in [-0.39, 0.29) is 34.9 Å². The maximum atomic E-state index is 12.6. The third-order valence-corrected chi connectivity index (χ3v) is 6.57. The van der Waals surface area contributed by atoms with Gasteiger partial charge in [0.05, 0.1) is 11.7 Å². The van der Waals surface area contributed by atoms with Gasteiger partial charge in [0.15, 0.2) is 5.16 Å². The van der Waals surface area contributed by atoms with Crippen molar-refractivity contribution in [1.29, 1.82) is 0 Å².